The van der Waals surface area contributed by atoms with Gasteiger partial charge in [0.1, 0.15) is 6.04 Å². The van der Waals surface area contributed by atoms with Crippen LogP contribution in [0.1, 0.15) is 33.1 Å². The first kappa shape index (κ1) is 9.52. The molecule has 12 heavy (non-hydrogen) atoms. The molecule has 0 spiro atoms. The largest absolute Gasteiger partial charge is 0.465 e. The van der Waals surface area contributed by atoms with Gasteiger partial charge in [0.15, 0.2) is 0 Å². The highest BCUT2D eigenvalue weighted by Crippen LogP contribution is 2.48. The molecule has 3 nitrogen and oxygen atoms in total. The number of hydrogen-bond donors (Lipinski definition) is 1. The first-order valence-electron chi connectivity index (χ1n) is 4.49. The molecule has 70 valence electrons. The molecule has 1 unspecified atom stereocenters. The SMILES string of the molecule is CCOC(=O)C(N)CC1(C)CC1. The monoisotopic (exact) mass is 171 g/mol. The molecule has 0 heterocycles. The van der Waals surface area contributed by atoms with E-state index in [-0.39, 0.29) is 5.97 Å². The van der Waals surface area contributed by atoms with E-state index in [2.05, 4.69) is 6.92 Å². The Morgan fingerprint density at radius 3 is 2.67 bits per heavy atom. The van der Waals surface area contributed by atoms with E-state index in [0.29, 0.717) is 12.0 Å². The molecule has 0 radical (unpaired) electrons. The summed E-state index contributed by atoms with van der Waals surface area (Å²) in [6.07, 6.45) is 3.16. The van der Waals surface area contributed by atoms with Crippen LogP contribution in [-0.4, -0.2) is 18.6 Å². The van der Waals surface area contributed by atoms with Crippen LogP contribution in [0.3, 0.4) is 0 Å². The summed E-state index contributed by atoms with van der Waals surface area (Å²) in [4.78, 5) is 11.1. The topological polar surface area (TPSA) is 52.3 Å². The van der Waals surface area contributed by atoms with E-state index in [1.165, 1.54) is 12.8 Å². The Morgan fingerprint density at radius 2 is 2.25 bits per heavy atom. The van der Waals surface area contributed by atoms with Gasteiger partial charge < -0.3 is 10.5 Å². The van der Waals surface area contributed by atoms with Crippen molar-refractivity contribution in [2.24, 2.45) is 11.1 Å². The summed E-state index contributed by atoms with van der Waals surface area (Å²) in [6.45, 7) is 4.37. The van der Waals surface area contributed by atoms with Crippen molar-refractivity contribution in [3.63, 3.8) is 0 Å². The summed E-state index contributed by atoms with van der Waals surface area (Å²) in [7, 11) is 0. The Balaban J connectivity index is 2.27. The molecule has 1 atom stereocenters. The predicted octanol–water partition coefficient (Wildman–Crippen LogP) is 1.07. The Hall–Kier alpha value is -0.570. The minimum atomic E-state index is -0.419. The predicted molar refractivity (Wildman–Crippen MR) is 46.6 cm³/mol. The van der Waals surface area contributed by atoms with Gasteiger partial charge in [-0.25, -0.2) is 0 Å². The standard InChI is InChI=1S/C9H17NO2/c1-3-12-8(11)7(10)6-9(2)4-5-9/h7H,3-6,10H2,1-2H3. The number of rotatable bonds is 4. The normalized spacial score (nSPS) is 21.6. The zero-order valence-electron chi connectivity index (χ0n) is 7.80. The first-order valence-corrected chi connectivity index (χ1v) is 4.49. The molecule has 1 fully saturated rings. The lowest BCUT2D eigenvalue weighted by atomic mass is 10.00. The number of nitrogens with two attached hydrogens (primary N) is 1. The lowest BCUT2D eigenvalue weighted by Crippen LogP contribution is -2.34. The van der Waals surface area contributed by atoms with Crippen molar-refractivity contribution < 1.29 is 9.53 Å². The molecule has 1 aliphatic carbocycles. The highest BCUT2D eigenvalue weighted by molar-refractivity contribution is 5.75. The summed E-state index contributed by atoms with van der Waals surface area (Å²) in [5.74, 6) is -0.259. The molecule has 2 N–H and O–H groups in total. The second-order valence-electron chi connectivity index (χ2n) is 3.87. The van der Waals surface area contributed by atoms with Gasteiger partial charge in [-0.05, 0) is 31.6 Å². The van der Waals surface area contributed by atoms with Gasteiger partial charge >= 0.3 is 5.97 Å². The van der Waals surface area contributed by atoms with Gasteiger partial charge in [0, 0.05) is 0 Å². The molecule has 0 saturated heterocycles. The van der Waals surface area contributed by atoms with E-state index >= 15 is 0 Å². The van der Waals surface area contributed by atoms with Crippen LogP contribution in [0.4, 0.5) is 0 Å². The van der Waals surface area contributed by atoms with E-state index in [1.807, 2.05) is 0 Å². The summed E-state index contributed by atoms with van der Waals surface area (Å²) in [5.41, 5.74) is 5.98. The molecule has 1 rings (SSSR count). The first-order chi connectivity index (χ1) is 5.57. The molecule has 0 aromatic rings. The third kappa shape index (κ3) is 2.48. The highest BCUT2D eigenvalue weighted by Gasteiger charge is 2.40. The van der Waals surface area contributed by atoms with Gasteiger partial charge in [0.05, 0.1) is 6.61 Å². The van der Waals surface area contributed by atoms with E-state index in [0.717, 1.165) is 6.42 Å². The lowest BCUT2D eigenvalue weighted by molar-refractivity contribution is -0.145. The molecular formula is C9H17NO2. The third-order valence-corrected chi connectivity index (χ3v) is 2.41. The molecule has 0 aromatic carbocycles. The van der Waals surface area contributed by atoms with Crippen molar-refractivity contribution in [2.75, 3.05) is 6.61 Å². The summed E-state index contributed by atoms with van der Waals surface area (Å²) < 4.78 is 4.81. The van der Waals surface area contributed by atoms with Crippen LogP contribution in [-0.2, 0) is 9.53 Å². The Kier molecular flexibility index (Phi) is 2.73. The minimum Gasteiger partial charge on any atom is -0.465 e. The molecule has 1 aliphatic rings. The van der Waals surface area contributed by atoms with Crippen molar-refractivity contribution in [1.29, 1.82) is 0 Å². The molecule has 0 aliphatic heterocycles. The number of ether oxygens (including phenoxy) is 1. The van der Waals surface area contributed by atoms with Gasteiger partial charge in [0.2, 0.25) is 0 Å². The van der Waals surface area contributed by atoms with Gasteiger partial charge in [0.25, 0.3) is 0 Å². The summed E-state index contributed by atoms with van der Waals surface area (Å²) >= 11 is 0. The quantitative estimate of drug-likeness (QED) is 0.644. The second kappa shape index (κ2) is 3.44. The molecule has 0 aromatic heterocycles. The van der Waals surface area contributed by atoms with Crippen LogP contribution in [0, 0.1) is 5.41 Å². The van der Waals surface area contributed by atoms with Gasteiger partial charge in [-0.1, -0.05) is 6.92 Å². The third-order valence-electron chi connectivity index (χ3n) is 2.41. The van der Waals surface area contributed by atoms with Crippen LogP contribution in [0.5, 0.6) is 0 Å². The number of esters is 1. The van der Waals surface area contributed by atoms with Crippen LogP contribution < -0.4 is 5.73 Å². The number of hydrogen-bond acceptors (Lipinski definition) is 3. The van der Waals surface area contributed by atoms with Crippen molar-refractivity contribution in [2.45, 2.75) is 39.2 Å². The van der Waals surface area contributed by atoms with E-state index in [4.69, 9.17) is 10.5 Å². The number of carbonyl (C=O) groups excluding carboxylic acids is 1. The lowest BCUT2D eigenvalue weighted by Gasteiger charge is -2.14. The fourth-order valence-electron chi connectivity index (χ4n) is 1.28. The Labute approximate surface area is 73.3 Å². The highest BCUT2D eigenvalue weighted by atomic mass is 16.5. The van der Waals surface area contributed by atoms with Crippen molar-refractivity contribution in [1.82, 2.24) is 0 Å². The smallest absolute Gasteiger partial charge is 0.322 e. The van der Waals surface area contributed by atoms with Crippen LogP contribution in [0.25, 0.3) is 0 Å². The maximum atomic E-state index is 11.1. The maximum absolute atomic E-state index is 11.1. The van der Waals surface area contributed by atoms with Crippen LogP contribution >= 0.6 is 0 Å². The van der Waals surface area contributed by atoms with E-state index in [9.17, 15) is 4.79 Å². The van der Waals surface area contributed by atoms with E-state index in [1.54, 1.807) is 6.92 Å². The van der Waals surface area contributed by atoms with E-state index < -0.39 is 6.04 Å². The van der Waals surface area contributed by atoms with Crippen molar-refractivity contribution in [3.8, 4) is 0 Å². The molecule has 0 amide bonds. The maximum Gasteiger partial charge on any atom is 0.322 e. The summed E-state index contributed by atoms with van der Waals surface area (Å²) in [6, 6.07) is -0.419. The minimum absolute atomic E-state index is 0.259. The van der Waals surface area contributed by atoms with Crippen molar-refractivity contribution >= 4 is 5.97 Å². The molecule has 0 bridgehead atoms. The Morgan fingerprint density at radius 1 is 1.67 bits per heavy atom. The average molecular weight is 171 g/mol. The van der Waals surface area contributed by atoms with Crippen molar-refractivity contribution in [3.05, 3.63) is 0 Å². The average Bonchev–Trinajstić information content (AvgIpc) is 2.68. The molecular weight excluding hydrogens is 154 g/mol. The van der Waals surface area contributed by atoms with Gasteiger partial charge in [-0.3, -0.25) is 4.79 Å². The number of carbonyl (C=O) groups is 1. The zero-order chi connectivity index (χ0) is 9.19. The molecule has 1 saturated carbocycles. The second-order valence-corrected chi connectivity index (χ2v) is 3.87. The van der Waals surface area contributed by atoms with Crippen LogP contribution in [0.2, 0.25) is 0 Å². The molecule has 3 heteroatoms. The fourth-order valence-corrected chi connectivity index (χ4v) is 1.28. The fraction of sp³-hybridized carbons (Fsp3) is 0.889. The van der Waals surface area contributed by atoms with Gasteiger partial charge in [-0.15, -0.1) is 0 Å². The van der Waals surface area contributed by atoms with Gasteiger partial charge in [-0.2, -0.15) is 0 Å². The summed E-state index contributed by atoms with van der Waals surface area (Å²) in [5, 5.41) is 0. The Bertz CT molecular complexity index is 175. The zero-order valence-corrected chi connectivity index (χ0v) is 7.80. The van der Waals surface area contributed by atoms with Crippen LogP contribution in [0.15, 0.2) is 0 Å².